The molecule has 1 amide bonds. The number of ether oxygens (including phenoxy) is 2. The maximum Gasteiger partial charge on any atom is 0.244 e. The number of carbonyl (C=O) groups is 1. The lowest BCUT2D eigenvalue weighted by molar-refractivity contribution is -0.487. The van der Waals surface area contributed by atoms with Crippen LogP contribution >= 0.6 is 0 Å². The SMILES string of the molecule is COc1cc(OC)c2c(c1)N(C)C(=O)C2(C)C[N+](=O)[O-]. The van der Waals surface area contributed by atoms with E-state index >= 15 is 0 Å². The van der Waals surface area contributed by atoms with Gasteiger partial charge in [0.2, 0.25) is 12.5 Å². The third-order valence-electron chi connectivity index (χ3n) is 3.65. The van der Waals surface area contributed by atoms with E-state index in [0.29, 0.717) is 22.7 Å². The van der Waals surface area contributed by atoms with E-state index in [9.17, 15) is 14.9 Å². The van der Waals surface area contributed by atoms with Gasteiger partial charge in [-0.25, -0.2) is 0 Å². The van der Waals surface area contributed by atoms with E-state index in [1.807, 2.05) is 0 Å². The Morgan fingerprint density at radius 3 is 2.50 bits per heavy atom. The van der Waals surface area contributed by atoms with Crippen molar-refractivity contribution in [1.82, 2.24) is 0 Å². The molecule has 1 aliphatic rings. The highest BCUT2D eigenvalue weighted by molar-refractivity contribution is 6.08. The molecule has 20 heavy (non-hydrogen) atoms. The van der Waals surface area contributed by atoms with E-state index in [2.05, 4.69) is 0 Å². The highest BCUT2D eigenvalue weighted by atomic mass is 16.6. The topological polar surface area (TPSA) is 81.9 Å². The molecule has 108 valence electrons. The minimum atomic E-state index is -1.23. The van der Waals surface area contributed by atoms with E-state index in [1.165, 1.54) is 19.1 Å². The molecule has 0 saturated heterocycles. The number of carbonyl (C=O) groups excluding carboxylic acids is 1. The molecule has 0 spiro atoms. The van der Waals surface area contributed by atoms with Crippen molar-refractivity contribution < 1.29 is 19.2 Å². The first-order valence-corrected chi connectivity index (χ1v) is 6.01. The van der Waals surface area contributed by atoms with Crippen LogP contribution in [0.15, 0.2) is 12.1 Å². The van der Waals surface area contributed by atoms with E-state index in [0.717, 1.165) is 0 Å². The summed E-state index contributed by atoms with van der Waals surface area (Å²) in [7, 11) is 4.56. The molecule has 1 aromatic carbocycles. The zero-order valence-corrected chi connectivity index (χ0v) is 11.8. The van der Waals surface area contributed by atoms with Crippen LogP contribution in [-0.4, -0.2) is 38.6 Å². The van der Waals surface area contributed by atoms with Crippen molar-refractivity contribution in [2.24, 2.45) is 0 Å². The summed E-state index contributed by atoms with van der Waals surface area (Å²) in [5.74, 6) is 0.628. The monoisotopic (exact) mass is 280 g/mol. The summed E-state index contributed by atoms with van der Waals surface area (Å²) < 4.78 is 10.5. The van der Waals surface area contributed by atoms with Gasteiger partial charge in [0.1, 0.15) is 16.9 Å². The number of methoxy groups -OCH3 is 2. The Labute approximate surface area is 116 Å². The van der Waals surface area contributed by atoms with Crippen LogP contribution < -0.4 is 14.4 Å². The maximum absolute atomic E-state index is 12.4. The molecule has 1 aliphatic heterocycles. The fourth-order valence-corrected chi connectivity index (χ4v) is 2.67. The summed E-state index contributed by atoms with van der Waals surface area (Å²) in [4.78, 5) is 24.3. The Kier molecular flexibility index (Phi) is 3.29. The molecule has 0 aliphatic carbocycles. The second kappa shape index (κ2) is 4.66. The summed E-state index contributed by atoms with van der Waals surface area (Å²) in [6.07, 6.45) is 0. The van der Waals surface area contributed by atoms with Gasteiger partial charge < -0.3 is 14.4 Å². The summed E-state index contributed by atoms with van der Waals surface area (Å²) in [5, 5.41) is 10.9. The highest BCUT2D eigenvalue weighted by Gasteiger charge is 2.52. The lowest BCUT2D eigenvalue weighted by atomic mass is 9.83. The van der Waals surface area contributed by atoms with E-state index < -0.39 is 16.9 Å². The maximum atomic E-state index is 12.4. The minimum Gasteiger partial charge on any atom is -0.497 e. The highest BCUT2D eigenvalue weighted by Crippen LogP contribution is 2.48. The van der Waals surface area contributed by atoms with Crippen LogP contribution in [0.1, 0.15) is 12.5 Å². The summed E-state index contributed by atoms with van der Waals surface area (Å²) in [5.41, 5.74) is -0.119. The molecule has 0 bridgehead atoms. The number of likely N-dealkylation sites (N-methyl/N-ethyl adjacent to an activating group) is 1. The van der Waals surface area contributed by atoms with Gasteiger partial charge in [0.15, 0.2) is 0 Å². The Hall–Kier alpha value is -2.31. The third-order valence-corrected chi connectivity index (χ3v) is 3.65. The van der Waals surface area contributed by atoms with E-state index in [4.69, 9.17) is 9.47 Å². The second-order valence-electron chi connectivity index (χ2n) is 4.91. The number of benzene rings is 1. The van der Waals surface area contributed by atoms with Crippen molar-refractivity contribution >= 4 is 11.6 Å². The van der Waals surface area contributed by atoms with Gasteiger partial charge in [0.05, 0.1) is 19.9 Å². The standard InChI is InChI=1S/C13H16N2O5/c1-13(7-15(17)18)11-9(14(2)12(13)16)5-8(19-3)6-10(11)20-4/h5-6H,7H2,1-4H3. The molecule has 7 nitrogen and oxygen atoms in total. The van der Waals surface area contributed by atoms with Crippen molar-refractivity contribution in [3.05, 3.63) is 27.8 Å². The van der Waals surface area contributed by atoms with Crippen molar-refractivity contribution in [3.63, 3.8) is 0 Å². The molecule has 0 radical (unpaired) electrons. The molecule has 0 aromatic heterocycles. The summed E-state index contributed by atoms with van der Waals surface area (Å²) in [6.45, 7) is 1.08. The number of nitro groups is 1. The second-order valence-corrected chi connectivity index (χ2v) is 4.91. The van der Waals surface area contributed by atoms with Gasteiger partial charge in [-0.2, -0.15) is 0 Å². The van der Waals surface area contributed by atoms with Crippen molar-refractivity contribution in [2.45, 2.75) is 12.3 Å². The molecule has 0 N–H and O–H groups in total. The van der Waals surface area contributed by atoms with Gasteiger partial charge in [-0.1, -0.05) is 0 Å². The number of amides is 1. The van der Waals surface area contributed by atoms with Crippen LogP contribution in [0.4, 0.5) is 5.69 Å². The lowest BCUT2D eigenvalue weighted by Crippen LogP contribution is -2.41. The largest absolute Gasteiger partial charge is 0.497 e. The van der Waals surface area contributed by atoms with Gasteiger partial charge in [-0.15, -0.1) is 0 Å². The number of fused-ring (bicyclic) bond motifs is 1. The Morgan fingerprint density at radius 2 is 2.00 bits per heavy atom. The molecule has 1 heterocycles. The molecule has 2 rings (SSSR count). The smallest absolute Gasteiger partial charge is 0.244 e. The number of anilines is 1. The van der Waals surface area contributed by atoms with E-state index in [1.54, 1.807) is 26.1 Å². The fraction of sp³-hybridized carbons (Fsp3) is 0.462. The summed E-state index contributed by atoms with van der Waals surface area (Å²) in [6, 6.07) is 3.31. The number of hydrogen-bond acceptors (Lipinski definition) is 5. The predicted octanol–water partition coefficient (Wildman–Crippen LogP) is 1.21. The molecular weight excluding hydrogens is 264 g/mol. The van der Waals surface area contributed by atoms with Crippen molar-refractivity contribution in [2.75, 3.05) is 32.7 Å². The lowest BCUT2D eigenvalue weighted by Gasteiger charge is -2.20. The first-order chi connectivity index (χ1) is 9.35. The molecule has 1 unspecified atom stereocenters. The van der Waals surface area contributed by atoms with Crippen LogP contribution in [0, 0.1) is 10.1 Å². The van der Waals surface area contributed by atoms with Crippen LogP contribution in [0.2, 0.25) is 0 Å². The van der Waals surface area contributed by atoms with Gasteiger partial charge in [0.25, 0.3) is 0 Å². The van der Waals surface area contributed by atoms with Crippen LogP contribution in [0.25, 0.3) is 0 Å². The summed E-state index contributed by atoms with van der Waals surface area (Å²) >= 11 is 0. The Morgan fingerprint density at radius 1 is 1.35 bits per heavy atom. The van der Waals surface area contributed by atoms with Crippen LogP contribution in [-0.2, 0) is 10.2 Å². The Bertz CT molecular complexity index is 586. The minimum absolute atomic E-state index is 0.323. The molecule has 0 saturated carbocycles. The van der Waals surface area contributed by atoms with Crippen LogP contribution in [0.3, 0.4) is 0 Å². The Balaban J connectivity index is 2.70. The number of nitrogens with zero attached hydrogens (tertiary/aromatic N) is 2. The number of hydrogen-bond donors (Lipinski definition) is 0. The quantitative estimate of drug-likeness (QED) is 0.611. The normalized spacial score (nSPS) is 20.8. The fourth-order valence-electron chi connectivity index (χ4n) is 2.67. The average molecular weight is 280 g/mol. The third kappa shape index (κ3) is 1.86. The van der Waals surface area contributed by atoms with Gasteiger partial charge in [-0.05, 0) is 6.92 Å². The molecule has 1 aromatic rings. The molecular formula is C13H16N2O5. The van der Waals surface area contributed by atoms with Gasteiger partial charge in [0, 0.05) is 29.7 Å². The predicted molar refractivity (Wildman–Crippen MR) is 72.2 cm³/mol. The zero-order valence-electron chi connectivity index (χ0n) is 11.8. The first kappa shape index (κ1) is 14.1. The molecule has 7 heteroatoms. The van der Waals surface area contributed by atoms with Gasteiger partial charge in [-0.3, -0.25) is 14.9 Å². The first-order valence-electron chi connectivity index (χ1n) is 6.01. The average Bonchev–Trinajstić information content (AvgIpc) is 2.59. The molecule has 0 fully saturated rings. The van der Waals surface area contributed by atoms with Crippen LogP contribution in [0.5, 0.6) is 11.5 Å². The van der Waals surface area contributed by atoms with Crippen molar-refractivity contribution in [1.29, 1.82) is 0 Å². The number of rotatable bonds is 4. The zero-order chi connectivity index (χ0) is 15.1. The van der Waals surface area contributed by atoms with Crippen molar-refractivity contribution in [3.8, 4) is 11.5 Å². The van der Waals surface area contributed by atoms with Gasteiger partial charge >= 0.3 is 0 Å². The van der Waals surface area contributed by atoms with E-state index in [-0.39, 0.29) is 5.91 Å². The molecule has 1 atom stereocenters.